The predicted octanol–water partition coefficient (Wildman–Crippen LogP) is 4.14. The quantitative estimate of drug-likeness (QED) is 0.596. The molecule has 4 rings (SSSR count). The van der Waals surface area contributed by atoms with Gasteiger partial charge in [0, 0.05) is 17.2 Å². The van der Waals surface area contributed by atoms with Gasteiger partial charge in [0.2, 0.25) is 17.6 Å². The Hall–Kier alpha value is -3.75. The maximum Gasteiger partial charge on any atom is 0.246 e. The van der Waals surface area contributed by atoms with Gasteiger partial charge in [0.05, 0.1) is 38.6 Å². The molecule has 1 aliphatic rings. The maximum absolute atomic E-state index is 12.9. The largest absolute Gasteiger partial charge is 0.497 e. The van der Waals surface area contributed by atoms with Crippen LogP contribution in [-0.2, 0) is 11.3 Å². The number of methoxy groups -OCH3 is 2. The Morgan fingerprint density at radius 1 is 1.15 bits per heavy atom. The van der Waals surface area contributed by atoms with E-state index in [4.69, 9.17) is 18.7 Å². The van der Waals surface area contributed by atoms with Crippen LogP contribution in [0.5, 0.6) is 17.2 Å². The van der Waals surface area contributed by atoms with Crippen LogP contribution in [0.4, 0.5) is 11.4 Å². The number of anilines is 2. The molecule has 0 bridgehead atoms. The van der Waals surface area contributed by atoms with E-state index in [0.29, 0.717) is 54.2 Å². The molecular formula is C24H28N4O5. The fraction of sp³-hybridized carbons (Fsp3) is 0.375. The van der Waals surface area contributed by atoms with Crippen LogP contribution >= 0.6 is 0 Å². The molecule has 0 unspecified atom stereocenters. The molecule has 0 saturated carbocycles. The minimum absolute atomic E-state index is 0.0548. The summed E-state index contributed by atoms with van der Waals surface area (Å²) in [4.78, 5) is 19.2. The SMILES string of the molecule is COc1ccc(-c2noc(CNc3ccc4c(c3)N(C(=O)C(C)(C)C)CCO4)n2)c(OC)c1. The Morgan fingerprint density at radius 3 is 2.70 bits per heavy atom. The topological polar surface area (TPSA) is 99.0 Å². The van der Waals surface area contributed by atoms with E-state index in [0.717, 1.165) is 11.4 Å². The summed E-state index contributed by atoms with van der Waals surface area (Å²) in [6, 6.07) is 11.1. The number of ether oxygens (including phenoxy) is 3. The summed E-state index contributed by atoms with van der Waals surface area (Å²) in [7, 11) is 3.17. The van der Waals surface area contributed by atoms with Gasteiger partial charge in [0.25, 0.3) is 0 Å². The number of amides is 1. The van der Waals surface area contributed by atoms with Crippen molar-refractivity contribution in [3.8, 4) is 28.6 Å². The van der Waals surface area contributed by atoms with E-state index in [2.05, 4.69) is 15.5 Å². The number of benzene rings is 2. The molecule has 2 aromatic carbocycles. The highest BCUT2D eigenvalue weighted by molar-refractivity contribution is 5.99. The average molecular weight is 453 g/mol. The summed E-state index contributed by atoms with van der Waals surface area (Å²) in [5, 5.41) is 7.36. The van der Waals surface area contributed by atoms with Crippen LogP contribution in [0.3, 0.4) is 0 Å². The highest BCUT2D eigenvalue weighted by Gasteiger charge is 2.32. The standard InChI is InChI=1S/C24H28N4O5/c1-24(2,3)23(29)28-10-11-32-19-9-6-15(12-18(19)28)25-14-21-26-22(27-33-21)17-8-7-16(30-4)13-20(17)31-5/h6-9,12-13,25H,10-11,14H2,1-5H3. The molecule has 0 atom stereocenters. The first kappa shape index (κ1) is 22.4. The number of hydrogen-bond donors (Lipinski definition) is 1. The van der Waals surface area contributed by atoms with Crippen LogP contribution in [0, 0.1) is 5.41 Å². The smallest absolute Gasteiger partial charge is 0.246 e. The average Bonchev–Trinajstić information content (AvgIpc) is 3.29. The van der Waals surface area contributed by atoms with E-state index in [9.17, 15) is 4.79 Å². The lowest BCUT2D eigenvalue weighted by Gasteiger charge is -2.34. The van der Waals surface area contributed by atoms with Crippen molar-refractivity contribution in [1.82, 2.24) is 10.1 Å². The molecular weight excluding hydrogens is 424 g/mol. The van der Waals surface area contributed by atoms with Crippen LogP contribution < -0.4 is 24.4 Å². The van der Waals surface area contributed by atoms with Crippen molar-refractivity contribution in [1.29, 1.82) is 0 Å². The summed E-state index contributed by atoms with van der Waals surface area (Å²) in [6.07, 6.45) is 0. The summed E-state index contributed by atoms with van der Waals surface area (Å²) < 4.78 is 21.8. The fourth-order valence-electron chi connectivity index (χ4n) is 3.54. The summed E-state index contributed by atoms with van der Waals surface area (Å²) in [5.74, 6) is 2.85. The molecule has 3 aromatic rings. The third-order valence-electron chi connectivity index (χ3n) is 5.27. The Bertz CT molecular complexity index is 1150. The van der Waals surface area contributed by atoms with Crippen molar-refractivity contribution < 1.29 is 23.5 Å². The van der Waals surface area contributed by atoms with Crippen molar-refractivity contribution in [2.75, 3.05) is 37.6 Å². The van der Waals surface area contributed by atoms with E-state index in [1.165, 1.54) is 0 Å². The first-order valence-corrected chi connectivity index (χ1v) is 10.7. The molecule has 1 aromatic heterocycles. The van der Waals surface area contributed by atoms with Crippen molar-refractivity contribution in [3.05, 3.63) is 42.3 Å². The van der Waals surface area contributed by atoms with Crippen LogP contribution in [0.2, 0.25) is 0 Å². The zero-order chi connectivity index (χ0) is 23.6. The van der Waals surface area contributed by atoms with Crippen LogP contribution in [-0.4, -0.2) is 43.4 Å². The van der Waals surface area contributed by atoms with E-state index < -0.39 is 5.41 Å². The van der Waals surface area contributed by atoms with Gasteiger partial charge in [-0.1, -0.05) is 25.9 Å². The van der Waals surface area contributed by atoms with Crippen LogP contribution in [0.1, 0.15) is 26.7 Å². The van der Waals surface area contributed by atoms with Gasteiger partial charge in [-0.3, -0.25) is 4.79 Å². The molecule has 0 radical (unpaired) electrons. The monoisotopic (exact) mass is 452 g/mol. The number of rotatable bonds is 6. The number of aromatic nitrogens is 2. The van der Waals surface area contributed by atoms with Gasteiger partial charge in [0.15, 0.2) is 0 Å². The second-order valence-electron chi connectivity index (χ2n) is 8.67. The number of carbonyl (C=O) groups is 1. The zero-order valence-corrected chi connectivity index (χ0v) is 19.5. The van der Waals surface area contributed by atoms with Crippen molar-refractivity contribution >= 4 is 17.3 Å². The molecule has 0 fully saturated rings. The Kier molecular flexibility index (Phi) is 6.13. The lowest BCUT2D eigenvalue weighted by molar-refractivity contribution is -0.126. The summed E-state index contributed by atoms with van der Waals surface area (Å²) >= 11 is 0. The Balaban J connectivity index is 1.50. The minimum Gasteiger partial charge on any atom is -0.497 e. The van der Waals surface area contributed by atoms with Gasteiger partial charge in [-0.2, -0.15) is 4.98 Å². The zero-order valence-electron chi connectivity index (χ0n) is 19.5. The molecule has 1 N–H and O–H groups in total. The van der Waals surface area contributed by atoms with E-state index >= 15 is 0 Å². The summed E-state index contributed by atoms with van der Waals surface area (Å²) in [5.41, 5.74) is 1.78. The van der Waals surface area contributed by atoms with E-state index in [1.807, 2.05) is 51.1 Å². The number of nitrogens with zero attached hydrogens (tertiary/aromatic N) is 3. The van der Waals surface area contributed by atoms with Gasteiger partial charge in [-0.05, 0) is 30.3 Å². The molecule has 1 aliphatic heterocycles. The maximum atomic E-state index is 12.9. The minimum atomic E-state index is -0.485. The number of fused-ring (bicyclic) bond motifs is 1. The predicted molar refractivity (Wildman–Crippen MR) is 124 cm³/mol. The van der Waals surface area contributed by atoms with Crippen LogP contribution in [0.25, 0.3) is 11.4 Å². The number of hydrogen-bond acceptors (Lipinski definition) is 8. The second-order valence-corrected chi connectivity index (χ2v) is 8.67. The molecule has 2 heterocycles. The molecule has 1 amide bonds. The fourth-order valence-corrected chi connectivity index (χ4v) is 3.54. The third kappa shape index (κ3) is 4.72. The van der Waals surface area contributed by atoms with Gasteiger partial charge < -0.3 is 29.0 Å². The van der Waals surface area contributed by atoms with Gasteiger partial charge in [-0.15, -0.1) is 0 Å². The molecule has 174 valence electrons. The highest BCUT2D eigenvalue weighted by Crippen LogP contribution is 2.37. The number of nitrogens with one attached hydrogen (secondary N) is 1. The lowest BCUT2D eigenvalue weighted by Crippen LogP contribution is -2.44. The molecule has 9 heteroatoms. The van der Waals surface area contributed by atoms with E-state index in [-0.39, 0.29) is 5.91 Å². The van der Waals surface area contributed by atoms with Gasteiger partial charge in [0.1, 0.15) is 23.9 Å². The first-order chi connectivity index (χ1) is 15.8. The summed E-state index contributed by atoms with van der Waals surface area (Å²) in [6.45, 7) is 7.05. The molecule has 33 heavy (non-hydrogen) atoms. The lowest BCUT2D eigenvalue weighted by atomic mass is 9.94. The normalized spacial score (nSPS) is 13.2. The third-order valence-corrected chi connectivity index (χ3v) is 5.27. The first-order valence-electron chi connectivity index (χ1n) is 10.7. The van der Waals surface area contributed by atoms with Crippen molar-refractivity contribution in [3.63, 3.8) is 0 Å². The number of carbonyl (C=O) groups excluding carboxylic acids is 1. The van der Waals surface area contributed by atoms with Gasteiger partial charge in [-0.25, -0.2) is 0 Å². The molecule has 0 saturated heterocycles. The Morgan fingerprint density at radius 2 is 1.97 bits per heavy atom. The van der Waals surface area contributed by atoms with Crippen molar-refractivity contribution in [2.45, 2.75) is 27.3 Å². The van der Waals surface area contributed by atoms with Gasteiger partial charge >= 0.3 is 0 Å². The van der Waals surface area contributed by atoms with E-state index in [1.54, 1.807) is 25.2 Å². The molecule has 0 aliphatic carbocycles. The van der Waals surface area contributed by atoms with Crippen molar-refractivity contribution in [2.24, 2.45) is 5.41 Å². The molecule has 9 nitrogen and oxygen atoms in total. The van der Waals surface area contributed by atoms with Crippen LogP contribution in [0.15, 0.2) is 40.9 Å². The second kappa shape index (κ2) is 9.01. The molecule has 0 spiro atoms. The Labute approximate surface area is 192 Å². The highest BCUT2D eigenvalue weighted by atomic mass is 16.5.